The Morgan fingerprint density at radius 2 is 1.69 bits per heavy atom. The number of hydrogen-bond donors (Lipinski definition) is 3. The van der Waals surface area contributed by atoms with E-state index in [1.54, 1.807) is 0 Å². The molecule has 1 aliphatic rings. The molecule has 5 rings (SSSR count). The van der Waals surface area contributed by atoms with E-state index < -0.39 is 0 Å². The van der Waals surface area contributed by atoms with Gasteiger partial charge in [0.1, 0.15) is 13.7 Å². The Balaban J connectivity index is 1.31. The normalized spacial score (nSPS) is 13.2. The lowest BCUT2D eigenvalue weighted by Crippen LogP contribution is -2.14. The van der Waals surface area contributed by atoms with Crippen LogP contribution in [-0.2, 0) is 0 Å². The van der Waals surface area contributed by atoms with E-state index in [1.807, 2.05) is 44.4 Å². The number of hydrogen-bond acceptors (Lipinski definition) is 5. The van der Waals surface area contributed by atoms with Gasteiger partial charge in [-0.15, -0.1) is 0 Å². The van der Waals surface area contributed by atoms with Crippen LogP contribution in [0.3, 0.4) is 0 Å². The minimum absolute atomic E-state index is 0.545. The highest BCUT2D eigenvalue weighted by Crippen LogP contribution is 2.39. The van der Waals surface area contributed by atoms with Gasteiger partial charge in [-0.05, 0) is 41.6 Å². The Morgan fingerprint density at radius 3 is 2.45 bits per heavy atom. The maximum Gasteiger partial charge on any atom is 0.229 e. The van der Waals surface area contributed by atoms with E-state index in [4.69, 9.17) is 0 Å². The first-order valence-corrected chi connectivity index (χ1v) is 9.83. The van der Waals surface area contributed by atoms with Crippen LogP contribution in [0.25, 0.3) is 11.1 Å². The predicted molar refractivity (Wildman–Crippen MR) is 119 cm³/mol. The van der Waals surface area contributed by atoms with Gasteiger partial charge in [-0.3, -0.25) is 5.10 Å². The van der Waals surface area contributed by atoms with Crippen molar-refractivity contribution in [2.45, 2.75) is 18.8 Å². The molecule has 29 heavy (non-hydrogen) atoms. The van der Waals surface area contributed by atoms with Gasteiger partial charge in [0, 0.05) is 29.6 Å². The van der Waals surface area contributed by atoms with Gasteiger partial charge in [-0.1, -0.05) is 42.5 Å². The van der Waals surface area contributed by atoms with Gasteiger partial charge in [0.25, 0.3) is 0 Å². The van der Waals surface area contributed by atoms with Crippen molar-refractivity contribution in [3.8, 4) is 11.1 Å². The molecule has 0 aliphatic heterocycles. The average molecular weight is 380 g/mol. The molecule has 2 aromatic heterocycles. The van der Waals surface area contributed by atoms with Crippen molar-refractivity contribution in [1.29, 1.82) is 0 Å². The van der Waals surface area contributed by atoms with Crippen molar-refractivity contribution in [3.63, 3.8) is 0 Å². The third kappa shape index (κ3) is 3.99. The molecule has 2 heterocycles. The van der Waals surface area contributed by atoms with Crippen LogP contribution in [0.4, 0.5) is 23.3 Å². The third-order valence-electron chi connectivity index (χ3n) is 5.08. The largest absolute Gasteiger partial charge is 0.324 e. The van der Waals surface area contributed by atoms with Gasteiger partial charge < -0.3 is 10.6 Å². The van der Waals surface area contributed by atoms with Crippen molar-refractivity contribution >= 4 is 36.6 Å². The standard InChI is InChI=1S/C22H21BN6/c23-18-13-24-22(27-21(18)26-20-12-19(28-29-20)16-6-7-16)25-17-10-8-15(9-11-17)14-4-2-1-3-5-14/h1-5,8-13,16H,6-7,23H2,(H3,24,25,26,27,28,29). The summed E-state index contributed by atoms with van der Waals surface area (Å²) in [6.45, 7) is 0. The minimum atomic E-state index is 0.545. The van der Waals surface area contributed by atoms with E-state index >= 15 is 0 Å². The summed E-state index contributed by atoms with van der Waals surface area (Å²) in [5.41, 5.74) is 5.47. The molecule has 0 amide bonds. The second kappa shape index (κ2) is 7.43. The van der Waals surface area contributed by atoms with Crippen LogP contribution < -0.4 is 16.1 Å². The Hall–Kier alpha value is -3.61. The van der Waals surface area contributed by atoms with E-state index in [2.05, 4.69) is 61.1 Å². The fraction of sp³-hybridized carbons (Fsp3) is 0.136. The first kappa shape index (κ1) is 17.5. The molecule has 1 fully saturated rings. The molecule has 2 aromatic carbocycles. The van der Waals surface area contributed by atoms with Crippen LogP contribution in [0.15, 0.2) is 66.9 Å². The number of aromatic nitrogens is 4. The molecule has 4 aromatic rings. The molecule has 1 aliphatic carbocycles. The number of aromatic amines is 1. The SMILES string of the molecule is Bc1cnc(Nc2ccc(-c3ccccc3)cc2)nc1Nc1cc(C2CC2)[nH]n1. The van der Waals surface area contributed by atoms with E-state index in [-0.39, 0.29) is 0 Å². The van der Waals surface area contributed by atoms with E-state index in [1.165, 1.54) is 29.7 Å². The summed E-state index contributed by atoms with van der Waals surface area (Å²) in [6.07, 6.45) is 4.29. The topological polar surface area (TPSA) is 78.5 Å². The Morgan fingerprint density at radius 1 is 0.931 bits per heavy atom. The quantitative estimate of drug-likeness (QED) is 0.447. The number of anilines is 4. The lowest BCUT2D eigenvalue weighted by atomic mass is 9.99. The van der Waals surface area contributed by atoms with Crippen LogP contribution in [0, 0.1) is 0 Å². The molecule has 0 bridgehead atoms. The van der Waals surface area contributed by atoms with Crippen molar-refractivity contribution < 1.29 is 0 Å². The molecule has 1 saturated carbocycles. The number of H-pyrrole nitrogens is 1. The molecule has 7 heteroatoms. The maximum absolute atomic E-state index is 4.63. The summed E-state index contributed by atoms with van der Waals surface area (Å²) >= 11 is 0. The minimum Gasteiger partial charge on any atom is -0.324 e. The molecule has 6 nitrogen and oxygen atoms in total. The molecule has 142 valence electrons. The summed E-state index contributed by atoms with van der Waals surface area (Å²) in [4.78, 5) is 9.04. The molecular formula is C22H21BN6. The lowest BCUT2D eigenvalue weighted by Gasteiger charge is -2.10. The van der Waals surface area contributed by atoms with E-state index in [0.29, 0.717) is 11.9 Å². The van der Waals surface area contributed by atoms with Gasteiger partial charge in [0.05, 0.1) is 0 Å². The number of benzene rings is 2. The summed E-state index contributed by atoms with van der Waals surface area (Å²) in [6, 6.07) is 20.6. The van der Waals surface area contributed by atoms with E-state index in [9.17, 15) is 0 Å². The highest BCUT2D eigenvalue weighted by molar-refractivity contribution is 6.35. The van der Waals surface area contributed by atoms with Crippen LogP contribution in [-0.4, -0.2) is 28.0 Å². The van der Waals surface area contributed by atoms with Crippen LogP contribution in [0.5, 0.6) is 0 Å². The molecule has 0 unspecified atom stereocenters. The molecule has 0 radical (unpaired) electrons. The zero-order valence-electron chi connectivity index (χ0n) is 16.2. The zero-order valence-corrected chi connectivity index (χ0v) is 16.2. The average Bonchev–Trinajstić information content (AvgIpc) is 3.51. The molecule has 0 spiro atoms. The maximum atomic E-state index is 4.63. The summed E-state index contributed by atoms with van der Waals surface area (Å²) < 4.78 is 0. The van der Waals surface area contributed by atoms with Crippen molar-refractivity contribution in [3.05, 3.63) is 72.6 Å². The lowest BCUT2D eigenvalue weighted by molar-refractivity contribution is 0.966. The van der Waals surface area contributed by atoms with Gasteiger partial charge >= 0.3 is 0 Å². The molecule has 0 atom stereocenters. The summed E-state index contributed by atoms with van der Waals surface area (Å²) in [5.74, 6) is 2.72. The predicted octanol–water partition coefficient (Wildman–Crippen LogP) is 3.49. The van der Waals surface area contributed by atoms with Crippen molar-refractivity contribution in [2.75, 3.05) is 10.6 Å². The number of nitrogens with one attached hydrogen (secondary N) is 3. The molecule has 0 saturated heterocycles. The monoisotopic (exact) mass is 380 g/mol. The first-order chi connectivity index (χ1) is 14.2. The summed E-state index contributed by atoms with van der Waals surface area (Å²) in [7, 11) is 1.98. The number of rotatable bonds is 6. The fourth-order valence-corrected chi connectivity index (χ4v) is 3.26. The van der Waals surface area contributed by atoms with Crippen molar-refractivity contribution in [2.24, 2.45) is 0 Å². The highest BCUT2D eigenvalue weighted by Gasteiger charge is 2.25. The van der Waals surface area contributed by atoms with Crippen LogP contribution >= 0.6 is 0 Å². The smallest absolute Gasteiger partial charge is 0.229 e. The third-order valence-corrected chi connectivity index (χ3v) is 5.08. The zero-order chi connectivity index (χ0) is 19.6. The Kier molecular flexibility index (Phi) is 4.48. The van der Waals surface area contributed by atoms with Crippen LogP contribution in [0.2, 0.25) is 0 Å². The van der Waals surface area contributed by atoms with Gasteiger partial charge in [0.15, 0.2) is 5.82 Å². The highest BCUT2D eigenvalue weighted by atomic mass is 15.2. The van der Waals surface area contributed by atoms with Gasteiger partial charge in [-0.2, -0.15) is 10.1 Å². The molecular weight excluding hydrogens is 359 g/mol. The van der Waals surface area contributed by atoms with Crippen molar-refractivity contribution in [1.82, 2.24) is 20.2 Å². The molecule has 3 N–H and O–H groups in total. The second-order valence-corrected chi connectivity index (χ2v) is 7.40. The van der Waals surface area contributed by atoms with Gasteiger partial charge in [0.2, 0.25) is 5.95 Å². The first-order valence-electron chi connectivity index (χ1n) is 9.83. The number of nitrogens with zero attached hydrogens (tertiary/aromatic N) is 3. The Bertz CT molecular complexity index is 1120. The summed E-state index contributed by atoms with van der Waals surface area (Å²) in [5, 5.41) is 14.0. The fourth-order valence-electron chi connectivity index (χ4n) is 3.26. The second-order valence-electron chi connectivity index (χ2n) is 7.40. The van der Waals surface area contributed by atoms with Gasteiger partial charge in [-0.25, -0.2) is 4.98 Å². The Labute approximate surface area is 170 Å². The van der Waals surface area contributed by atoms with Crippen LogP contribution in [0.1, 0.15) is 24.5 Å². The van der Waals surface area contributed by atoms with E-state index in [0.717, 1.165) is 22.8 Å².